The lowest BCUT2D eigenvalue weighted by molar-refractivity contribution is 0.0952. The highest BCUT2D eigenvalue weighted by molar-refractivity contribution is 7.17. The zero-order valence-corrected chi connectivity index (χ0v) is 11.3. The zero-order valence-electron chi connectivity index (χ0n) is 10.5. The summed E-state index contributed by atoms with van der Waals surface area (Å²) in [5.74, 6) is 0. The maximum atomic E-state index is 9.78. The first-order valence-electron chi connectivity index (χ1n) is 6.60. The number of aliphatic hydroxyl groups excluding tert-OH is 1. The molecule has 0 aliphatic carbocycles. The van der Waals surface area contributed by atoms with Crippen LogP contribution in [0.5, 0.6) is 0 Å². The highest BCUT2D eigenvalue weighted by atomic mass is 32.1. The van der Waals surface area contributed by atoms with Crippen LogP contribution < -0.4 is 5.32 Å². The third-order valence-corrected chi connectivity index (χ3v) is 5.03. The Hall–Kier alpha value is -0.900. The Morgan fingerprint density at radius 3 is 3.00 bits per heavy atom. The van der Waals surface area contributed by atoms with Crippen molar-refractivity contribution in [3.8, 4) is 0 Å². The largest absolute Gasteiger partial charge is 0.396 e. The van der Waals surface area contributed by atoms with Crippen LogP contribution in [0.15, 0.2) is 29.6 Å². The minimum Gasteiger partial charge on any atom is -0.396 e. The van der Waals surface area contributed by atoms with Crippen molar-refractivity contribution in [1.82, 2.24) is 5.32 Å². The van der Waals surface area contributed by atoms with Gasteiger partial charge in [0.25, 0.3) is 0 Å². The minimum absolute atomic E-state index is 0.0437. The molecule has 1 aromatic carbocycles. The van der Waals surface area contributed by atoms with E-state index in [4.69, 9.17) is 0 Å². The maximum absolute atomic E-state index is 9.78. The van der Waals surface area contributed by atoms with Gasteiger partial charge in [-0.2, -0.15) is 0 Å². The standard InChI is InChI=1S/C15H19NOS/c17-11-15(6-3-7-16-10-15)8-12-9-18-14-5-2-1-4-13(12)14/h1-2,4-5,9,16-17H,3,6-8,10-11H2. The number of hydrogen-bond donors (Lipinski definition) is 2. The predicted octanol–water partition coefficient (Wildman–Crippen LogP) is 2.81. The van der Waals surface area contributed by atoms with Gasteiger partial charge < -0.3 is 10.4 Å². The molecular formula is C15H19NOS. The maximum Gasteiger partial charge on any atom is 0.0502 e. The second-order valence-corrected chi connectivity index (χ2v) is 6.28. The molecule has 1 atom stereocenters. The van der Waals surface area contributed by atoms with Gasteiger partial charge in [0, 0.05) is 16.7 Å². The first kappa shape index (κ1) is 12.2. The second-order valence-electron chi connectivity index (χ2n) is 5.37. The molecule has 2 nitrogen and oxygen atoms in total. The average Bonchev–Trinajstić information content (AvgIpc) is 2.83. The summed E-state index contributed by atoms with van der Waals surface area (Å²) in [6.45, 7) is 2.31. The molecule has 1 fully saturated rings. The van der Waals surface area contributed by atoms with Gasteiger partial charge in [0.05, 0.1) is 6.61 Å². The number of thiophene rings is 1. The Labute approximate surface area is 112 Å². The summed E-state index contributed by atoms with van der Waals surface area (Å²) in [4.78, 5) is 0. The third kappa shape index (κ3) is 2.18. The predicted molar refractivity (Wildman–Crippen MR) is 77.2 cm³/mol. The molecule has 0 amide bonds. The van der Waals surface area contributed by atoms with Crippen molar-refractivity contribution < 1.29 is 5.11 Å². The summed E-state index contributed by atoms with van der Waals surface area (Å²) in [6, 6.07) is 8.56. The molecule has 0 spiro atoms. The molecule has 0 saturated carbocycles. The van der Waals surface area contributed by atoms with Gasteiger partial charge >= 0.3 is 0 Å². The highest BCUT2D eigenvalue weighted by Crippen LogP contribution is 2.35. The van der Waals surface area contributed by atoms with Gasteiger partial charge in [0.1, 0.15) is 0 Å². The van der Waals surface area contributed by atoms with Crippen molar-refractivity contribution in [2.75, 3.05) is 19.7 Å². The van der Waals surface area contributed by atoms with Crippen LogP contribution in [0.2, 0.25) is 0 Å². The van der Waals surface area contributed by atoms with Crippen molar-refractivity contribution in [3.05, 3.63) is 35.2 Å². The molecule has 2 heterocycles. The zero-order chi connectivity index (χ0) is 12.4. The first-order chi connectivity index (χ1) is 8.83. The monoisotopic (exact) mass is 261 g/mol. The lowest BCUT2D eigenvalue weighted by Gasteiger charge is -2.36. The van der Waals surface area contributed by atoms with Gasteiger partial charge in [-0.15, -0.1) is 11.3 Å². The van der Waals surface area contributed by atoms with E-state index < -0.39 is 0 Å². The summed E-state index contributed by atoms with van der Waals surface area (Å²) >= 11 is 1.81. The molecule has 3 heteroatoms. The lowest BCUT2D eigenvalue weighted by Crippen LogP contribution is -2.44. The number of fused-ring (bicyclic) bond motifs is 1. The van der Waals surface area contributed by atoms with E-state index in [1.807, 2.05) is 11.3 Å². The van der Waals surface area contributed by atoms with E-state index in [0.717, 1.165) is 25.9 Å². The number of benzene rings is 1. The Kier molecular flexibility index (Phi) is 3.37. The number of piperidine rings is 1. The van der Waals surface area contributed by atoms with Gasteiger partial charge in [-0.1, -0.05) is 18.2 Å². The van der Waals surface area contributed by atoms with Crippen LogP contribution in [0, 0.1) is 5.41 Å². The Balaban J connectivity index is 1.90. The van der Waals surface area contributed by atoms with Crippen molar-refractivity contribution in [1.29, 1.82) is 0 Å². The number of aliphatic hydroxyl groups is 1. The highest BCUT2D eigenvalue weighted by Gasteiger charge is 2.32. The number of hydrogen-bond acceptors (Lipinski definition) is 3. The molecule has 1 aliphatic rings. The van der Waals surface area contributed by atoms with Gasteiger partial charge in [0.2, 0.25) is 0 Å². The minimum atomic E-state index is 0.0437. The Morgan fingerprint density at radius 2 is 2.22 bits per heavy atom. The van der Waals surface area contributed by atoms with Crippen LogP contribution in [0.4, 0.5) is 0 Å². The summed E-state index contributed by atoms with van der Waals surface area (Å²) in [7, 11) is 0. The lowest BCUT2D eigenvalue weighted by atomic mass is 9.76. The molecule has 0 radical (unpaired) electrons. The summed E-state index contributed by atoms with van der Waals surface area (Å²) in [5.41, 5.74) is 1.44. The Morgan fingerprint density at radius 1 is 1.33 bits per heavy atom. The third-order valence-electron chi connectivity index (χ3n) is 4.02. The molecule has 0 bridgehead atoms. The summed E-state index contributed by atoms with van der Waals surface area (Å²) in [5, 5.41) is 16.8. The fraction of sp³-hybridized carbons (Fsp3) is 0.467. The van der Waals surface area contributed by atoms with Gasteiger partial charge in [0.15, 0.2) is 0 Å². The molecule has 1 saturated heterocycles. The van der Waals surface area contributed by atoms with E-state index in [2.05, 4.69) is 35.0 Å². The van der Waals surface area contributed by atoms with Gasteiger partial charge in [-0.3, -0.25) is 0 Å². The van der Waals surface area contributed by atoms with Crippen LogP contribution in [0.25, 0.3) is 10.1 Å². The van der Waals surface area contributed by atoms with Crippen molar-refractivity contribution >= 4 is 21.4 Å². The molecular weight excluding hydrogens is 242 g/mol. The van der Waals surface area contributed by atoms with E-state index in [0.29, 0.717) is 0 Å². The SMILES string of the molecule is OCC1(Cc2csc3ccccc23)CCCNC1. The molecule has 2 N–H and O–H groups in total. The fourth-order valence-corrected chi connectivity index (χ4v) is 3.91. The summed E-state index contributed by atoms with van der Waals surface area (Å²) in [6.07, 6.45) is 3.28. The van der Waals surface area contributed by atoms with Crippen molar-refractivity contribution in [2.24, 2.45) is 5.41 Å². The van der Waals surface area contributed by atoms with Crippen LogP contribution in [0.1, 0.15) is 18.4 Å². The topological polar surface area (TPSA) is 32.3 Å². The molecule has 1 aliphatic heterocycles. The molecule has 3 rings (SSSR count). The van der Waals surface area contributed by atoms with Crippen molar-refractivity contribution in [3.63, 3.8) is 0 Å². The molecule has 96 valence electrons. The summed E-state index contributed by atoms with van der Waals surface area (Å²) < 4.78 is 1.35. The van der Waals surface area contributed by atoms with E-state index >= 15 is 0 Å². The van der Waals surface area contributed by atoms with E-state index in [9.17, 15) is 5.11 Å². The molecule has 1 aromatic heterocycles. The van der Waals surface area contributed by atoms with E-state index in [-0.39, 0.29) is 12.0 Å². The number of rotatable bonds is 3. The van der Waals surface area contributed by atoms with E-state index in [1.54, 1.807) is 0 Å². The number of nitrogens with one attached hydrogen (secondary N) is 1. The van der Waals surface area contributed by atoms with Crippen molar-refractivity contribution in [2.45, 2.75) is 19.3 Å². The molecule has 2 aromatic rings. The van der Waals surface area contributed by atoms with Gasteiger partial charge in [-0.05, 0) is 48.2 Å². The van der Waals surface area contributed by atoms with Crippen LogP contribution >= 0.6 is 11.3 Å². The molecule has 1 unspecified atom stereocenters. The first-order valence-corrected chi connectivity index (χ1v) is 7.48. The average molecular weight is 261 g/mol. The normalized spacial score (nSPS) is 24.5. The Bertz CT molecular complexity index is 528. The van der Waals surface area contributed by atoms with Crippen LogP contribution in [0.3, 0.4) is 0 Å². The van der Waals surface area contributed by atoms with Gasteiger partial charge in [-0.25, -0.2) is 0 Å². The second kappa shape index (κ2) is 5.00. The molecule has 18 heavy (non-hydrogen) atoms. The van der Waals surface area contributed by atoms with E-state index in [1.165, 1.54) is 22.1 Å². The van der Waals surface area contributed by atoms with Crippen LogP contribution in [-0.4, -0.2) is 24.8 Å². The quantitative estimate of drug-likeness (QED) is 0.890. The smallest absolute Gasteiger partial charge is 0.0502 e. The van der Waals surface area contributed by atoms with Crippen LogP contribution in [-0.2, 0) is 6.42 Å². The fourth-order valence-electron chi connectivity index (χ4n) is 2.95.